The van der Waals surface area contributed by atoms with Crippen LogP contribution in [0.2, 0.25) is 0 Å². The van der Waals surface area contributed by atoms with E-state index in [-0.39, 0.29) is 12.6 Å². The number of benzene rings is 2. The lowest BCUT2D eigenvalue weighted by Crippen LogP contribution is -2.21. The molecule has 1 aromatic heterocycles. The smallest absolute Gasteiger partial charge is 0.375 e. The Morgan fingerprint density at radius 3 is 2.76 bits per heavy atom. The van der Waals surface area contributed by atoms with Crippen molar-refractivity contribution in [3.63, 3.8) is 0 Å². The van der Waals surface area contributed by atoms with Gasteiger partial charge in [-0.1, -0.05) is 0 Å². The normalized spacial score (nSPS) is 12.1. The van der Waals surface area contributed by atoms with E-state index in [2.05, 4.69) is 5.32 Å². The first-order valence-corrected chi connectivity index (χ1v) is 9.07. The average molecular weight is 397 g/mol. The maximum absolute atomic E-state index is 12.4. The van der Waals surface area contributed by atoms with Gasteiger partial charge in [0.2, 0.25) is 12.6 Å². The van der Waals surface area contributed by atoms with Crippen LogP contribution in [0.5, 0.6) is 17.2 Å². The minimum Gasteiger partial charge on any atom is -0.494 e. The van der Waals surface area contributed by atoms with E-state index in [9.17, 15) is 9.59 Å². The summed E-state index contributed by atoms with van der Waals surface area (Å²) in [4.78, 5) is 24.5. The molecule has 1 amide bonds. The van der Waals surface area contributed by atoms with Gasteiger partial charge in [-0.3, -0.25) is 4.79 Å². The fourth-order valence-corrected chi connectivity index (χ4v) is 3.02. The van der Waals surface area contributed by atoms with Crippen LogP contribution in [0.4, 0.5) is 5.69 Å². The van der Waals surface area contributed by atoms with Gasteiger partial charge in [-0.15, -0.1) is 0 Å². The SMILES string of the molecule is CCOc1ccc2oc(C(=O)OCC(=O)Nc3ccc4c(c3)OCO4)c(C)c2c1. The molecule has 8 heteroatoms. The zero-order chi connectivity index (χ0) is 20.4. The molecule has 4 rings (SSSR count). The first kappa shape index (κ1) is 18.7. The first-order valence-electron chi connectivity index (χ1n) is 9.07. The Morgan fingerprint density at radius 2 is 1.93 bits per heavy atom. The molecule has 0 aliphatic carbocycles. The first-order chi connectivity index (χ1) is 14.0. The van der Waals surface area contributed by atoms with E-state index in [1.807, 2.05) is 6.92 Å². The third-order valence-corrected chi connectivity index (χ3v) is 4.39. The Hall–Kier alpha value is -3.68. The van der Waals surface area contributed by atoms with Crippen LogP contribution in [0.15, 0.2) is 40.8 Å². The van der Waals surface area contributed by atoms with Gasteiger partial charge in [-0.05, 0) is 44.2 Å². The molecule has 1 N–H and O–H groups in total. The second-order valence-corrected chi connectivity index (χ2v) is 6.34. The number of amides is 1. The fourth-order valence-electron chi connectivity index (χ4n) is 3.02. The van der Waals surface area contributed by atoms with Crippen LogP contribution >= 0.6 is 0 Å². The molecule has 0 saturated heterocycles. The molecular weight excluding hydrogens is 378 g/mol. The summed E-state index contributed by atoms with van der Waals surface area (Å²) in [6.45, 7) is 3.88. The largest absolute Gasteiger partial charge is 0.494 e. The number of hydrogen-bond acceptors (Lipinski definition) is 7. The standard InChI is InChI=1S/C21H19NO7/c1-3-25-14-5-7-16-15(9-14)12(2)20(29-16)21(24)26-10-19(23)22-13-4-6-17-18(8-13)28-11-27-17/h4-9H,3,10-11H2,1-2H3,(H,22,23). The maximum Gasteiger partial charge on any atom is 0.375 e. The van der Waals surface area contributed by atoms with Crippen molar-refractivity contribution in [2.45, 2.75) is 13.8 Å². The van der Waals surface area contributed by atoms with E-state index >= 15 is 0 Å². The van der Waals surface area contributed by atoms with E-state index in [0.717, 1.165) is 5.39 Å². The van der Waals surface area contributed by atoms with Gasteiger partial charge < -0.3 is 28.7 Å². The molecule has 29 heavy (non-hydrogen) atoms. The summed E-state index contributed by atoms with van der Waals surface area (Å²) in [5.74, 6) is 0.713. The van der Waals surface area contributed by atoms with Crippen molar-refractivity contribution < 1.29 is 33.0 Å². The van der Waals surface area contributed by atoms with Gasteiger partial charge in [0.05, 0.1) is 6.61 Å². The highest BCUT2D eigenvalue weighted by atomic mass is 16.7. The molecule has 0 radical (unpaired) electrons. The highest BCUT2D eigenvalue weighted by Gasteiger charge is 2.21. The quantitative estimate of drug-likeness (QED) is 0.634. The maximum atomic E-state index is 12.4. The topological polar surface area (TPSA) is 96.2 Å². The fraction of sp³-hybridized carbons (Fsp3) is 0.238. The molecule has 2 aromatic carbocycles. The van der Waals surface area contributed by atoms with Crippen molar-refractivity contribution in [2.75, 3.05) is 25.3 Å². The Morgan fingerprint density at radius 1 is 1.10 bits per heavy atom. The zero-order valence-corrected chi connectivity index (χ0v) is 15.9. The van der Waals surface area contributed by atoms with Crippen molar-refractivity contribution >= 4 is 28.5 Å². The second-order valence-electron chi connectivity index (χ2n) is 6.34. The van der Waals surface area contributed by atoms with Crippen LogP contribution in [0.3, 0.4) is 0 Å². The monoisotopic (exact) mass is 397 g/mol. The third-order valence-electron chi connectivity index (χ3n) is 4.39. The lowest BCUT2D eigenvalue weighted by molar-refractivity contribution is -0.119. The summed E-state index contributed by atoms with van der Waals surface area (Å²) in [6.07, 6.45) is 0. The molecule has 150 valence electrons. The molecule has 1 aliphatic heterocycles. The Balaban J connectivity index is 1.40. The number of aryl methyl sites for hydroxylation is 1. The van der Waals surface area contributed by atoms with Crippen molar-refractivity contribution in [3.05, 3.63) is 47.7 Å². The molecule has 2 heterocycles. The van der Waals surface area contributed by atoms with Gasteiger partial charge in [-0.25, -0.2) is 4.79 Å². The van der Waals surface area contributed by atoms with Crippen LogP contribution in [0.1, 0.15) is 23.0 Å². The minimum absolute atomic E-state index is 0.0597. The molecular formula is C21H19NO7. The van der Waals surface area contributed by atoms with Gasteiger partial charge in [-0.2, -0.15) is 0 Å². The van der Waals surface area contributed by atoms with Crippen LogP contribution in [0, 0.1) is 6.92 Å². The zero-order valence-electron chi connectivity index (χ0n) is 15.9. The minimum atomic E-state index is -0.711. The lowest BCUT2D eigenvalue weighted by atomic mass is 10.1. The number of carbonyl (C=O) groups is 2. The van der Waals surface area contributed by atoms with Crippen molar-refractivity contribution in [1.82, 2.24) is 0 Å². The van der Waals surface area contributed by atoms with Crippen molar-refractivity contribution in [2.24, 2.45) is 0 Å². The predicted molar refractivity (Wildman–Crippen MR) is 104 cm³/mol. The number of ether oxygens (including phenoxy) is 4. The summed E-state index contributed by atoms with van der Waals surface area (Å²) >= 11 is 0. The third kappa shape index (κ3) is 3.82. The highest BCUT2D eigenvalue weighted by molar-refractivity contribution is 5.98. The molecule has 0 atom stereocenters. The van der Waals surface area contributed by atoms with Gasteiger partial charge >= 0.3 is 5.97 Å². The van der Waals surface area contributed by atoms with Crippen LogP contribution in [-0.2, 0) is 9.53 Å². The number of carbonyl (C=O) groups excluding carboxylic acids is 2. The van der Waals surface area contributed by atoms with Crippen LogP contribution < -0.4 is 19.5 Å². The number of nitrogens with one attached hydrogen (secondary N) is 1. The van der Waals surface area contributed by atoms with E-state index in [1.54, 1.807) is 43.3 Å². The number of esters is 1. The lowest BCUT2D eigenvalue weighted by Gasteiger charge is -2.07. The van der Waals surface area contributed by atoms with Crippen molar-refractivity contribution in [3.8, 4) is 17.2 Å². The molecule has 8 nitrogen and oxygen atoms in total. The van der Waals surface area contributed by atoms with E-state index < -0.39 is 18.5 Å². The summed E-state index contributed by atoms with van der Waals surface area (Å²) in [6, 6.07) is 10.3. The van der Waals surface area contributed by atoms with Gasteiger partial charge in [0, 0.05) is 22.7 Å². The summed E-state index contributed by atoms with van der Waals surface area (Å²) < 4.78 is 26.7. The van der Waals surface area contributed by atoms with Crippen LogP contribution in [0.25, 0.3) is 11.0 Å². The molecule has 0 bridgehead atoms. The number of furan rings is 1. The summed E-state index contributed by atoms with van der Waals surface area (Å²) in [5, 5.41) is 3.40. The Bertz CT molecular complexity index is 1090. The highest BCUT2D eigenvalue weighted by Crippen LogP contribution is 2.34. The van der Waals surface area contributed by atoms with E-state index in [1.165, 1.54) is 0 Å². The van der Waals surface area contributed by atoms with E-state index in [4.69, 9.17) is 23.4 Å². The molecule has 3 aromatic rings. The van der Waals surface area contributed by atoms with Gasteiger partial charge in [0.25, 0.3) is 5.91 Å². The Labute approximate surface area is 166 Å². The number of fused-ring (bicyclic) bond motifs is 2. The Kier molecular flexibility index (Phi) is 4.99. The second kappa shape index (κ2) is 7.75. The average Bonchev–Trinajstić information content (AvgIpc) is 3.31. The van der Waals surface area contributed by atoms with Gasteiger partial charge in [0.1, 0.15) is 11.3 Å². The van der Waals surface area contributed by atoms with Crippen LogP contribution in [-0.4, -0.2) is 31.9 Å². The number of rotatable bonds is 6. The molecule has 0 saturated carbocycles. The number of hydrogen-bond donors (Lipinski definition) is 1. The summed E-state index contributed by atoms with van der Waals surface area (Å²) in [5.41, 5.74) is 1.68. The number of anilines is 1. The van der Waals surface area contributed by atoms with E-state index in [0.29, 0.717) is 40.7 Å². The molecule has 1 aliphatic rings. The van der Waals surface area contributed by atoms with Gasteiger partial charge in [0.15, 0.2) is 18.1 Å². The molecule has 0 spiro atoms. The summed E-state index contributed by atoms with van der Waals surface area (Å²) in [7, 11) is 0. The molecule has 0 unspecified atom stereocenters. The molecule has 0 fully saturated rings. The predicted octanol–water partition coefficient (Wildman–Crippen LogP) is 3.66. The van der Waals surface area contributed by atoms with Crippen molar-refractivity contribution in [1.29, 1.82) is 0 Å².